The number of nitrogens with two attached hydrogens (primary N) is 2. The zero-order chi connectivity index (χ0) is 30.4. The minimum atomic E-state index is -1.63. The predicted molar refractivity (Wildman–Crippen MR) is 134 cm³/mol. The number of aliphatic hydroxyl groups is 2. The van der Waals surface area contributed by atoms with Crippen LogP contribution in [0.1, 0.15) is 40.5 Å². The predicted octanol–water partition coefficient (Wildman–Crippen LogP) is -5.23. The van der Waals surface area contributed by atoms with E-state index in [9.17, 15) is 43.8 Å². The summed E-state index contributed by atoms with van der Waals surface area (Å²) in [5, 5.41) is 39.0. The molecule has 6 atom stereocenters. The topological polar surface area (TPSA) is 292 Å². The molecule has 6 amide bonds. The van der Waals surface area contributed by atoms with E-state index in [0.717, 1.165) is 0 Å². The van der Waals surface area contributed by atoms with Gasteiger partial charge in [-0.05, 0) is 26.2 Å². The van der Waals surface area contributed by atoms with Gasteiger partial charge >= 0.3 is 5.97 Å². The molecule has 0 aromatic carbocycles. The molecule has 0 bridgehead atoms. The number of nitrogens with one attached hydrogen (secondary N) is 5. The van der Waals surface area contributed by atoms with Crippen LogP contribution in [0.2, 0.25) is 0 Å². The molecule has 0 aromatic rings. The van der Waals surface area contributed by atoms with E-state index in [-0.39, 0.29) is 5.92 Å². The van der Waals surface area contributed by atoms with Crippen LogP contribution in [-0.2, 0) is 33.6 Å². The van der Waals surface area contributed by atoms with Crippen LogP contribution >= 0.6 is 0 Å². The van der Waals surface area contributed by atoms with E-state index in [2.05, 4.69) is 21.3 Å². The van der Waals surface area contributed by atoms with Crippen LogP contribution in [0.5, 0.6) is 0 Å². The molecule has 222 valence electrons. The number of carbonyl (C=O) groups excluding carboxylic acids is 6. The van der Waals surface area contributed by atoms with Crippen molar-refractivity contribution in [1.29, 1.82) is 0 Å². The van der Waals surface area contributed by atoms with Crippen molar-refractivity contribution in [1.82, 2.24) is 26.6 Å². The first-order chi connectivity index (χ1) is 18.0. The van der Waals surface area contributed by atoms with Crippen LogP contribution in [-0.4, -0.2) is 106 Å². The van der Waals surface area contributed by atoms with E-state index in [4.69, 9.17) is 16.6 Å². The molecule has 17 heteroatoms. The zero-order valence-corrected chi connectivity index (χ0v) is 22.2. The number of aliphatic carboxylic acids is 1. The number of carboxylic acids is 1. The van der Waals surface area contributed by atoms with Gasteiger partial charge in [0.15, 0.2) is 0 Å². The fourth-order valence-corrected chi connectivity index (χ4v) is 3.04. The van der Waals surface area contributed by atoms with E-state index in [1.165, 1.54) is 13.8 Å². The molecule has 0 aliphatic carbocycles. The molecule has 0 aliphatic rings. The van der Waals surface area contributed by atoms with E-state index in [1.807, 2.05) is 19.2 Å². The molecule has 0 spiro atoms. The molecule has 0 rings (SSSR count). The normalized spacial score (nSPS) is 15.5. The fourth-order valence-electron chi connectivity index (χ4n) is 3.04. The van der Waals surface area contributed by atoms with Gasteiger partial charge in [0.25, 0.3) is 0 Å². The maximum absolute atomic E-state index is 12.5. The van der Waals surface area contributed by atoms with Crippen molar-refractivity contribution < 1.29 is 48.9 Å². The highest BCUT2D eigenvalue weighted by Gasteiger charge is 2.30. The lowest BCUT2D eigenvalue weighted by atomic mass is 10.0. The number of hydrogen-bond donors (Lipinski definition) is 10. The van der Waals surface area contributed by atoms with Crippen molar-refractivity contribution in [3.05, 3.63) is 0 Å². The van der Waals surface area contributed by atoms with Crippen molar-refractivity contribution in [3.63, 3.8) is 0 Å². The first-order valence-corrected chi connectivity index (χ1v) is 12.0. The van der Waals surface area contributed by atoms with Crippen LogP contribution in [0.25, 0.3) is 0 Å². The maximum Gasteiger partial charge on any atom is 0.326 e. The fraction of sp³-hybridized carbons (Fsp3) is 0.682. The minimum absolute atomic E-state index is 0.105. The Labute approximate surface area is 224 Å². The largest absolute Gasteiger partial charge is 0.480 e. The quantitative estimate of drug-likeness (QED) is 0.0800. The molecular weight excluding hydrogens is 522 g/mol. The van der Waals surface area contributed by atoms with Crippen molar-refractivity contribution in [2.75, 3.05) is 13.2 Å². The zero-order valence-electron chi connectivity index (χ0n) is 22.2. The summed E-state index contributed by atoms with van der Waals surface area (Å²) in [4.78, 5) is 83.8. The second-order valence-electron chi connectivity index (χ2n) is 9.25. The molecule has 0 saturated heterocycles. The average Bonchev–Trinajstić information content (AvgIpc) is 2.83. The Morgan fingerprint density at radius 2 is 1.03 bits per heavy atom. The molecule has 0 radical (unpaired) electrons. The lowest BCUT2D eigenvalue weighted by molar-refractivity contribution is -0.143. The molecule has 0 fully saturated rings. The third kappa shape index (κ3) is 13.0. The highest BCUT2D eigenvalue weighted by Crippen LogP contribution is 2.03. The molecule has 0 unspecified atom stereocenters. The van der Waals surface area contributed by atoms with Gasteiger partial charge in [0, 0.05) is 0 Å². The number of primary amides is 1. The van der Waals surface area contributed by atoms with Crippen LogP contribution < -0.4 is 38.1 Å². The number of hydrogen-bond acceptors (Lipinski definition) is 10. The molecule has 0 heterocycles. The van der Waals surface area contributed by atoms with E-state index >= 15 is 0 Å². The number of aliphatic hydroxyl groups excluding tert-OH is 2. The van der Waals surface area contributed by atoms with Gasteiger partial charge < -0.3 is 53.4 Å². The van der Waals surface area contributed by atoms with Crippen LogP contribution in [0, 0.1) is 5.92 Å². The summed E-state index contributed by atoms with van der Waals surface area (Å²) in [6.07, 6.45) is -0.352. The number of amides is 6. The summed E-state index contributed by atoms with van der Waals surface area (Å²) < 4.78 is 0. The van der Waals surface area contributed by atoms with Gasteiger partial charge in [-0.3, -0.25) is 28.8 Å². The Morgan fingerprint density at radius 1 is 0.641 bits per heavy atom. The van der Waals surface area contributed by atoms with Crippen LogP contribution in [0.3, 0.4) is 0 Å². The lowest BCUT2D eigenvalue weighted by Crippen LogP contribution is -2.59. The van der Waals surface area contributed by atoms with Crippen LogP contribution in [0.15, 0.2) is 0 Å². The third-order valence-electron chi connectivity index (χ3n) is 5.22. The second-order valence-corrected chi connectivity index (χ2v) is 9.25. The molecule has 39 heavy (non-hydrogen) atoms. The van der Waals surface area contributed by atoms with E-state index < -0.39 is 97.3 Å². The highest BCUT2D eigenvalue weighted by molar-refractivity contribution is 5.96. The van der Waals surface area contributed by atoms with Gasteiger partial charge in [-0.2, -0.15) is 0 Å². The average molecular weight is 562 g/mol. The molecule has 17 nitrogen and oxygen atoms in total. The Kier molecular flexibility index (Phi) is 15.2. The Balaban J connectivity index is 5.04. The van der Waals surface area contributed by atoms with E-state index in [1.54, 1.807) is 0 Å². The Morgan fingerprint density at radius 3 is 1.36 bits per heavy atom. The van der Waals surface area contributed by atoms with Gasteiger partial charge in [0.1, 0.15) is 30.2 Å². The smallest absolute Gasteiger partial charge is 0.326 e. The Hall–Kier alpha value is -3.83. The van der Waals surface area contributed by atoms with Gasteiger partial charge in [0.2, 0.25) is 35.4 Å². The van der Waals surface area contributed by atoms with Gasteiger partial charge in [-0.15, -0.1) is 0 Å². The maximum atomic E-state index is 12.5. The molecule has 0 aromatic heterocycles. The summed E-state index contributed by atoms with van der Waals surface area (Å²) in [6.45, 7) is 4.42. The summed E-state index contributed by atoms with van der Waals surface area (Å²) in [7, 11) is 0. The number of carbonyl (C=O) groups is 7. The van der Waals surface area contributed by atoms with Crippen LogP contribution in [0.4, 0.5) is 0 Å². The van der Waals surface area contributed by atoms with Gasteiger partial charge in [-0.1, -0.05) is 13.8 Å². The molecular formula is C22H39N7O10. The van der Waals surface area contributed by atoms with Gasteiger partial charge in [-0.25, -0.2) is 4.79 Å². The SMILES string of the molecule is CC(C)C[C@H](N)C(=O)N[C@@H](CO)C(=O)N[C@@H](C)C(=O)N[C@@H](CO)C(=O)N[C@@H](C)C(=O)N[C@@H](CC(N)=O)C(=O)O. The lowest BCUT2D eigenvalue weighted by Gasteiger charge is -2.24. The summed E-state index contributed by atoms with van der Waals surface area (Å²) >= 11 is 0. The van der Waals surface area contributed by atoms with Crippen molar-refractivity contribution in [2.24, 2.45) is 17.4 Å². The highest BCUT2D eigenvalue weighted by atomic mass is 16.4. The number of carboxylic acid groups (broad SMARTS) is 1. The first-order valence-electron chi connectivity index (χ1n) is 12.0. The second kappa shape index (κ2) is 16.9. The van der Waals surface area contributed by atoms with Crippen molar-refractivity contribution >= 4 is 41.4 Å². The number of rotatable bonds is 17. The minimum Gasteiger partial charge on any atom is -0.480 e. The van der Waals surface area contributed by atoms with Crippen molar-refractivity contribution in [3.8, 4) is 0 Å². The van der Waals surface area contributed by atoms with Gasteiger partial charge in [0.05, 0.1) is 25.7 Å². The summed E-state index contributed by atoms with van der Waals surface area (Å²) in [6, 6.07) is -8.17. The molecule has 0 saturated carbocycles. The third-order valence-corrected chi connectivity index (χ3v) is 5.22. The monoisotopic (exact) mass is 561 g/mol. The summed E-state index contributed by atoms with van der Waals surface area (Å²) in [5.74, 6) is -6.92. The first kappa shape index (κ1) is 35.2. The summed E-state index contributed by atoms with van der Waals surface area (Å²) in [5.41, 5.74) is 10.7. The Bertz CT molecular complexity index is 914. The van der Waals surface area contributed by atoms with Crippen molar-refractivity contribution in [2.45, 2.75) is 76.8 Å². The standard InChI is InChI=1S/C22H39N7O10/c1-9(2)5-12(23)19(35)29-15(8-31)21(37)26-11(4)18(34)28-14(7-30)20(36)25-10(3)17(33)27-13(22(38)39)6-16(24)32/h9-15,30-31H,5-8,23H2,1-4H3,(H2,24,32)(H,25,36)(H,26,37)(H,27,33)(H,28,34)(H,29,35)(H,38,39)/t10-,11-,12-,13-,14-,15-/m0/s1. The molecule has 0 aliphatic heterocycles. The molecule has 12 N–H and O–H groups in total. The van der Waals surface area contributed by atoms with E-state index in [0.29, 0.717) is 6.42 Å².